The molecule has 3 heterocycles. The van der Waals surface area contributed by atoms with Gasteiger partial charge in [-0.2, -0.15) is 5.10 Å². The normalized spacial score (nSPS) is 10.7. The van der Waals surface area contributed by atoms with Crippen LogP contribution in [0, 0.1) is 6.92 Å². The Hall–Kier alpha value is -2.83. The number of nitrogens with zero attached hydrogens (tertiary/aromatic N) is 5. The SMILES string of the molecule is Cc1cc(C(=O)Nc2cnccn2)c2cnn(C)c2n1. The van der Waals surface area contributed by atoms with Crippen LogP contribution in [0.2, 0.25) is 0 Å². The Morgan fingerprint density at radius 2 is 2.15 bits per heavy atom. The molecule has 100 valence electrons. The van der Waals surface area contributed by atoms with Crippen molar-refractivity contribution in [3.63, 3.8) is 0 Å². The minimum atomic E-state index is -0.256. The number of nitrogens with one attached hydrogen (secondary N) is 1. The molecule has 0 aromatic carbocycles. The quantitative estimate of drug-likeness (QED) is 0.757. The van der Waals surface area contributed by atoms with Gasteiger partial charge in [0.25, 0.3) is 5.91 Å². The highest BCUT2D eigenvalue weighted by Gasteiger charge is 2.15. The Morgan fingerprint density at radius 3 is 2.90 bits per heavy atom. The van der Waals surface area contributed by atoms with Gasteiger partial charge < -0.3 is 5.32 Å². The zero-order valence-corrected chi connectivity index (χ0v) is 11.0. The van der Waals surface area contributed by atoms with Gasteiger partial charge in [0.05, 0.1) is 23.3 Å². The second-order valence-corrected chi connectivity index (χ2v) is 4.36. The van der Waals surface area contributed by atoms with E-state index >= 15 is 0 Å². The van der Waals surface area contributed by atoms with Gasteiger partial charge in [-0.05, 0) is 13.0 Å². The first-order valence-electron chi connectivity index (χ1n) is 6.02. The van der Waals surface area contributed by atoms with Crippen molar-refractivity contribution in [1.29, 1.82) is 0 Å². The third kappa shape index (κ3) is 2.09. The van der Waals surface area contributed by atoms with Gasteiger partial charge in [0, 0.05) is 25.1 Å². The van der Waals surface area contributed by atoms with Crippen LogP contribution in [0.25, 0.3) is 11.0 Å². The molecule has 3 aromatic heterocycles. The highest BCUT2D eigenvalue weighted by molar-refractivity contribution is 6.11. The molecule has 0 saturated carbocycles. The Kier molecular flexibility index (Phi) is 2.86. The van der Waals surface area contributed by atoms with Crippen molar-refractivity contribution >= 4 is 22.8 Å². The Balaban J connectivity index is 2.03. The van der Waals surface area contributed by atoms with E-state index in [4.69, 9.17) is 0 Å². The van der Waals surface area contributed by atoms with Gasteiger partial charge in [0.1, 0.15) is 0 Å². The Labute approximate surface area is 114 Å². The molecule has 7 heteroatoms. The van der Waals surface area contributed by atoms with Crippen molar-refractivity contribution in [3.8, 4) is 0 Å². The third-order valence-electron chi connectivity index (χ3n) is 2.88. The first-order valence-corrected chi connectivity index (χ1v) is 6.02. The lowest BCUT2D eigenvalue weighted by atomic mass is 10.1. The average molecular weight is 268 g/mol. The van der Waals surface area contributed by atoms with E-state index in [0.29, 0.717) is 22.4 Å². The standard InChI is InChI=1S/C13H12N6O/c1-8-5-9(10-6-16-19(2)12(10)17-8)13(20)18-11-7-14-3-4-15-11/h3-7H,1-2H3,(H,15,18,20). The van der Waals surface area contributed by atoms with Crippen molar-refractivity contribution in [2.75, 3.05) is 5.32 Å². The number of hydrogen-bond acceptors (Lipinski definition) is 5. The average Bonchev–Trinajstić information content (AvgIpc) is 2.81. The summed E-state index contributed by atoms with van der Waals surface area (Å²) in [7, 11) is 1.79. The van der Waals surface area contributed by atoms with E-state index in [0.717, 1.165) is 5.69 Å². The van der Waals surface area contributed by atoms with Crippen LogP contribution in [0.1, 0.15) is 16.1 Å². The molecule has 1 N–H and O–H groups in total. The van der Waals surface area contributed by atoms with Crippen LogP contribution in [-0.4, -0.2) is 30.6 Å². The molecule has 0 fully saturated rings. The molecule has 0 aliphatic carbocycles. The number of aromatic nitrogens is 5. The third-order valence-corrected chi connectivity index (χ3v) is 2.88. The molecule has 0 unspecified atom stereocenters. The second kappa shape index (κ2) is 4.69. The molecule has 3 aromatic rings. The number of aryl methyl sites for hydroxylation is 2. The first-order chi connectivity index (χ1) is 9.65. The van der Waals surface area contributed by atoms with Gasteiger partial charge in [-0.1, -0.05) is 0 Å². The molecule has 7 nitrogen and oxygen atoms in total. The van der Waals surface area contributed by atoms with E-state index in [1.807, 2.05) is 6.92 Å². The minimum Gasteiger partial charge on any atom is -0.305 e. The second-order valence-electron chi connectivity index (χ2n) is 4.36. The fraction of sp³-hybridized carbons (Fsp3) is 0.154. The monoisotopic (exact) mass is 268 g/mol. The number of pyridine rings is 1. The summed E-state index contributed by atoms with van der Waals surface area (Å²) in [4.78, 5) is 24.7. The van der Waals surface area contributed by atoms with Gasteiger partial charge in [0.15, 0.2) is 11.5 Å². The van der Waals surface area contributed by atoms with Crippen LogP contribution >= 0.6 is 0 Å². The topological polar surface area (TPSA) is 85.6 Å². The van der Waals surface area contributed by atoms with E-state index in [9.17, 15) is 4.79 Å². The lowest BCUT2D eigenvalue weighted by Crippen LogP contribution is -2.14. The molecule has 20 heavy (non-hydrogen) atoms. The lowest BCUT2D eigenvalue weighted by molar-refractivity contribution is 0.102. The van der Waals surface area contributed by atoms with Crippen LogP contribution in [-0.2, 0) is 7.05 Å². The molecule has 0 spiro atoms. The van der Waals surface area contributed by atoms with Gasteiger partial charge in [-0.3, -0.25) is 14.5 Å². The number of carbonyl (C=O) groups is 1. The molecule has 0 atom stereocenters. The van der Waals surface area contributed by atoms with Gasteiger partial charge in [0.2, 0.25) is 0 Å². The Bertz CT molecular complexity index is 780. The highest BCUT2D eigenvalue weighted by Crippen LogP contribution is 2.18. The van der Waals surface area contributed by atoms with Gasteiger partial charge in [-0.15, -0.1) is 0 Å². The summed E-state index contributed by atoms with van der Waals surface area (Å²) in [6.45, 7) is 1.84. The number of anilines is 1. The predicted molar refractivity (Wildman–Crippen MR) is 73.2 cm³/mol. The summed E-state index contributed by atoms with van der Waals surface area (Å²) in [5, 5.41) is 7.55. The summed E-state index contributed by atoms with van der Waals surface area (Å²) in [5.74, 6) is 0.151. The molecular formula is C13H12N6O. The van der Waals surface area contributed by atoms with Crippen LogP contribution in [0.3, 0.4) is 0 Å². The van der Waals surface area contributed by atoms with Crippen molar-refractivity contribution in [3.05, 3.63) is 42.1 Å². The van der Waals surface area contributed by atoms with E-state index in [2.05, 4.69) is 25.4 Å². The summed E-state index contributed by atoms with van der Waals surface area (Å²) in [6.07, 6.45) is 6.19. The minimum absolute atomic E-state index is 0.256. The van der Waals surface area contributed by atoms with Gasteiger partial charge in [-0.25, -0.2) is 9.97 Å². The maximum Gasteiger partial charge on any atom is 0.257 e. The molecule has 3 rings (SSSR count). The van der Waals surface area contributed by atoms with E-state index < -0.39 is 0 Å². The lowest BCUT2D eigenvalue weighted by Gasteiger charge is -2.06. The fourth-order valence-electron chi connectivity index (χ4n) is 1.97. The molecule has 0 radical (unpaired) electrons. The summed E-state index contributed by atoms with van der Waals surface area (Å²) in [6, 6.07) is 1.73. The maximum atomic E-state index is 12.3. The van der Waals surface area contributed by atoms with Gasteiger partial charge >= 0.3 is 0 Å². The molecule has 0 aliphatic heterocycles. The predicted octanol–water partition coefficient (Wildman–Crippen LogP) is 1.32. The number of carbonyl (C=O) groups excluding carboxylic acids is 1. The van der Waals surface area contributed by atoms with Crippen molar-refractivity contribution in [1.82, 2.24) is 24.7 Å². The van der Waals surface area contributed by atoms with Crippen LogP contribution < -0.4 is 5.32 Å². The van der Waals surface area contributed by atoms with E-state index in [-0.39, 0.29) is 5.91 Å². The fourth-order valence-corrected chi connectivity index (χ4v) is 1.97. The van der Waals surface area contributed by atoms with Crippen molar-refractivity contribution in [2.45, 2.75) is 6.92 Å². The first kappa shape index (κ1) is 12.2. The zero-order chi connectivity index (χ0) is 14.1. The number of rotatable bonds is 2. The number of fused-ring (bicyclic) bond motifs is 1. The number of hydrogen-bond donors (Lipinski definition) is 1. The zero-order valence-electron chi connectivity index (χ0n) is 11.0. The molecular weight excluding hydrogens is 256 g/mol. The highest BCUT2D eigenvalue weighted by atomic mass is 16.1. The van der Waals surface area contributed by atoms with Crippen LogP contribution in [0.4, 0.5) is 5.82 Å². The summed E-state index contributed by atoms with van der Waals surface area (Å²) < 4.78 is 1.64. The smallest absolute Gasteiger partial charge is 0.257 e. The van der Waals surface area contributed by atoms with Crippen LogP contribution in [0.5, 0.6) is 0 Å². The van der Waals surface area contributed by atoms with Crippen molar-refractivity contribution in [2.24, 2.45) is 7.05 Å². The van der Waals surface area contributed by atoms with E-state index in [1.54, 1.807) is 30.2 Å². The Morgan fingerprint density at radius 1 is 1.30 bits per heavy atom. The maximum absolute atomic E-state index is 12.3. The van der Waals surface area contributed by atoms with Crippen molar-refractivity contribution < 1.29 is 4.79 Å². The largest absolute Gasteiger partial charge is 0.305 e. The molecule has 0 aliphatic rings. The summed E-state index contributed by atoms with van der Waals surface area (Å²) >= 11 is 0. The number of amides is 1. The molecule has 0 saturated heterocycles. The molecule has 0 bridgehead atoms. The molecule has 1 amide bonds. The van der Waals surface area contributed by atoms with E-state index in [1.165, 1.54) is 12.4 Å². The summed E-state index contributed by atoms with van der Waals surface area (Å²) in [5.41, 5.74) is 1.95. The van der Waals surface area contributed by atoms with Crippen LogP contribution in [0.15, 0.2) is 30.9 Å².